The molecule has 4 aromatic rings. The second-order valence-electron chi connectivity index (χ2n) is 7.68. The summed E-state index contributed by atoms with van der Waals surface area (Å²) in [7, 11) is 0. The number of hydrogen-bond acceptors (Lipinski definition) is 2. The number of nitrogens with one attached hydrogen (secondary N) is 1. The number of amides is 1. The maximum Gasteiger partial charge on any atom is 0.244 e. The molecule has 4 nitrogen and oxygen atoms in total. The summed E-state index contributed by atoms with van der Waals surface area (Å²) >= 11 is 0. The molecule has 0 saturated carbocycles. The number of imidazole rings is 1. The number of aryl methyl sites for hydroxylation is 3. The van der Waals surface area contributed by atoms with E-state index in [9.17, 15) is 4.79 Å². The summed E-state index contributed by atoms with van der Waals surface area (Å²) < 4.78 is 2.02. The van der Waals surface area contributed by atoms with Crippen molar-refractivity contribution in [1.82, 2.24) is 14.7 Å². The topological polar surface area (TPSA) is 46.4 Å². The molecule has 2 heterocycles. The molecule has 30 heavy (non-hydrogen) atoms. The first-order valence-electron chi connectivity index (χ1n) is 10.1. The summed E-state index contributed by atoms with van der Waals surface area (Å²) in [5.41, 5.74) is 8.28. The SMILES string of the molecule is Cc1ccc(CNC(=O)/C=C/c2c(-c3ccc(C)cc3)nc3cc(C)ccn23)cc1. The monoisotopic (exact) mass is 395 g/mol. The zero-order chi connectivity index (χ0) is 21.1. The van der Waals surface area contributed by atoms with Crippen LogP contribution in [0.1, 0.15) is 27.9 Å². The predicted octanol–water partition coefficient (Wildman–Crippen LogP) is 5.26. The Morgan fingerprint density at radius 3 is 2.30 bits per heavy atom. The van der Waals surface area contributed by atoms with Crippen LogP contribution in [0.5, 0.6) is 0 Å². The quantitative estimate of drug-likeness (QED) is 0.469. The third kappa shape index (κ3) is 4.33. The molecule has 4 heteroatoms. The van der Waals surface area contributed by atoms with Crippen LogP contribution >= 0.6 is 0 Å². The van der Waals surface area contributed by atoms with Gasteiger partial charge in [0.25, 0.3) is 0 Å². The average Bonchev–Trinajstić information content (AvgIpc) is 3.09. The number of carbonyl (C=O) groups is 1. The van der Waals surface area contributed by atoms with Gasteiger partial charge in [-0.25, -0.2) is 4.98 Å². The van der Waals surface area contributed by atoms with Crippen molar-refractivity contribution in [1.29, 1.82) is 0 Å². The van der Waals surface area contributed by atoms with Gasteiger partial charge in [0.05, 0.1) is 11.4 Å². The maximum atomic E-state index is 12.4. The molecule has 0 aliphatic rings. The Balaban J connectivity index is 1.61. The molecular formula is C26H25N3O. The van der Waals surface area contributed by atoms with Gasteiger partial charge >= 0.3 is 0 Å². The largest absolute Gasteiger partial charge is 0.348 e. The first-order chi connectivity index (χ1) is 14.5. The maximum absolute atomic E-state index is 12.4. The summed E-state index contributed by atoms with van der Waals surface area (Å²) in [6, 6.07) is 20.5. The highest BCUT2D eigenvalue weighted by atomic mass is 16.1. The van der Waals surface area contributed by atoms with Crippen molar-refractivity contribution in [2.24, 2.45) is 0 Å². The average molecular weight is 396 g/mol. The molecule has 4 rings (SSSR count). The summed E-state index contributed by atoms with van der Waals surface area (Å²) in [4.78, 5) is 17.3. The van der Waals surface area contributed by atoms with E-state index in [1.165, 1.54) is 11.1 Å². The minimum absolute atomic E-state index is 0.132. The number of nitrogens with zero attached hydrogens (tertiary/aromatic N) is 2. The number of pyridine rings is 1. The van der Waals surface area contributed by atoms with Crippen LogP contribution in [0.2, 0.25) is 0 Å². The van der Waals surface area contributed by atoms with Crippen LogP contribution in [0.25, 0.3) is 23.0 Å². The smallest absolute Gasteiger partial charge is 0.244 e. The lowest BCUT2D eigenvalue weighted by Gasteiger charge is -2.04. The van der Waals surface area contributed by atoms with Gasteiger partial charge in [-0.2, -0.15) is 0 Å². The van der Waals surface area contributed by atoms with Crippen molar-refractivity contribution < 1.29 is 4.79 Å². The third-order valence-corrected chi connectivity index (χ3v) is 5.12. The van der Waals surface area contributed by atoms with Gasteiger partial charge in [-0.05, 0) is 50.1 Å². The number of benzene rings is 2. The summed E-state index contributed by atoms with van der Waals surface area (Å²) in [6.45, 7) is 6.67. The van der Waals surface area contributed by atoms with Crippen molar-refractivity contribution in [3.8, 4) is 11.3 Å². The predicted molar refractivity (Wildman–Crippen MR) is 122 cm³/mol. The minimum Gasteiger partial charge on any atom is -0.348 e. The van der Waals surface area contributed by atoms with Crippen molar-refractivity contribution in [3.63, 3.8) is 0 Å². The van der Waals surface area contributed by atoms with Crippen molar-refractivity contribution in [2.75, 3.05) is 0 Å². The van der Waals surface area contributed by atoms with Gasteiger partial charge < -0.3 is 5.32 Å². The molecular weight excluding hydrogens is 370 g/mol. The highest BCUT2D eigenvalue weighted by Gasteiger charge is 2.12. The van der Waals surface area contributed by atoms with Crippen molar-refractivity contribution in [2.45, 2.75) is 27.3 Å². The van der Waals surface area contributed by atoms with E-state index in [4.69, 9.17) is 4.98 Å². The number of carbonyl (C=O) groups excluding carboxylic acids is 1. The lowest BCUT2D eigenvalue weighted by molar-refractivity contribution is -0.116. The lowest BCUT2D eigenvalue weighted by Crippen LogP contribution is -2.20. The fourth-order valence-corrected chi connectivity index (χ4v) is 3.36. The Hall–Kier alpha value is -3.66. The Bertz CT molecular complexity index is 1220. The van der Waals surface area contributed by atoms with E-state index in [-0.39, 0.29) is 5.91 Å². The molecule has 0 bridgehead atoms. The summed E-state index contributed by atoms with van der Waals surface area (Å²) in [5, 5.41) is 2.95. The number of fused-ring (bicyclic) bond motifs is 1. The Kier molecular flexibility index (Phi) is 5.48. The molecule has 150 valence electrons. The van der Waals surface area contributed by atoms with Gasteiger partial charge in [-0.1, -0.05) is 59.7 Å². The van der Waals surface area contributed by atoms with Crippen LogP contribution in [0.4, 0.5) is 0 Å². The highest BCUT2D eigenvalue weighted by molar-refractivity contribution is 5.92. The summed E-state index contributed by atoms with van der Waals surface area (Å²) in [5.74, 6) is -0.132. The number of hydrogen-bond donors (Lipinski definition) is 1. The Morgan fingerprint density at radius 2 is 1.60 bits per heavy atom. The van der Waals surface area contributed by atoms with Gasteiger partial charge in [-0.15, -0.1) is 0 Å². The molecule has 2 aromatic heterocycles. The third-order valence-electron chi connectivity index (χ3n) is 5.12. The number of rotatable bonds is 5. The van der Waals surface area contributed by atoms with E-state index in [1.54, 1.807) is 6.08 Å². The molecule has 0 saturated heterocycles. The van der Waals surface area contributed by atoms with Crippen LogP contribution in [0.15, 0.2) is 72.9 Å². The van der Waals surface area contributed by atoms with E-state index in [2.05, 4.69) is 36.5 Å². The fourth-order valence-electron chi connectivity index (χ4n) is 3.36. The first-order valence-corrected chi connectivity index (χ1v) is 10.1. The molecule has 1 N–H and O–H groups in total. The van der Waals surface area contributed by atoms with Gasteiger partial charge in [0.2, 0.25) is 5.91 Å². The van der Waals surface area contributed by atoms with Gasteiger partial charge in [0.15, 0.2) is 0 Å². The van der Waals surface area contributed by atoms with Gasteiger partial charge in [0, 0.05) is 24.4 Å². The molecule has 0 spiro atoms. The van der Waals surface area contributed by atoms with Gasteiger partial charge in [0.1, 0.15) is 5.65 Å². The second-order valence-corrected chi connectivity index (χ2v) is 7.68. The van der Waals surface area contributed by atoms with Crippen LogP contribution in [-0.4, -0.2) is 15.3 Å². The molecule has 0 aliphatic heterocycles. The van der Waals surface area contributed by atoms with Crippen molar-refractivity contribution in [3.05, 3.63) is 101 Å². The van der Waals surface area contributed by atoms with Crippen LogP contribution in [0.3, 0.4) is 0 Å². The molecule has 2 aromatic carbocycles. The Morgan fingerprint density at radius 1 is 0.933 bits per heavy atom. The molecule has 0 aliphatic carbocycles. The van der Waals surface area contributed by atoms with E-state index in [1.807, 2.05) is 66.9 Å². The lowest BCUT2D eigenvalue weighted by atomic mass is 10.1. The number of aromatic nitrogens is 2. The zero-order valence-electron chi connectivity index (χ0n) is 17.5. The van der Waals surface area contributed by atoms with Crippen molar-refractivity contribution >= 4 is 17.6 Å². The molecule has 0 atom stereocenters. The second kappa shape index (κ2) is 8.37. The van der Waals surface area contributed by atoms with Crippen LogP contribution in [-0.2, 0) is 11.3 Å². The van der Waals surface area contributed by atoms with E-state index >= 15 is 0 Å². The van der Waals surface area contributed by atoms with Crippen LogP contribution in [0, 0.1) is 20.8 Å². The van der Waals surface area contributed by atoms with Crippen LogP contribution < -0.4 is 5.32 Å². The molecule has 1 amide bonds. The Labute approximate surface area is 176 Å². The van der Waals surface area contributed by atoms with E-state index in [0.29, 0.717) is 6.54 Å². The zero-order valence-corrected chi connectivity index (χ0v) is 17.5. The standard InChI is InChI=1S/C26H25N3O/c1-18-4-8-21(9-5-18)17-27-25(30)13-12-23-26(22-10-6-19(2)7-11-22)28-24-16-20(3)14-15-29(23)24/h4-16H,17H2,1-3H3,(H,27,30)/b13-12+. The fraction of sp³-hybridized carbons (Fsp3) is 0.154. The summed E-state index contributed by atoms with van der Waals surface area (Å²) in [6.07, 6.45) is 5.42. The van der Waals surface area contributed by atoms with Gasteiger partial charge in [-0.3, -0.25) is 9.20 Å². The minimum atomic E-state index is -0.132. The first kappa shape index (κ1) is 19.6. The van der Waals surface area contributed by atoms with E-state index in [0.717, 1.165) is 33.7 Å². The molecule has 0 radical (unpaired) electrons. The molecule has 0 unspecified atom stereocenters. The highest BCUT2D eigenvalue weighted by Crippen LogP contribution is 2.26. The molecule has 0 fully saturated rings. The normalized spacial score (nSPS) is 11.3. The van der Waals surface area contributed by atoms with E-state index < -0.39 is 0 Å².